The number of fused-ring (bicyclic) bond motifs is 1. The average molecular weight is 415 g/mol. The van der Waals surface area contributed by atoms with Crippen molar-refractivity contribution in [3.8, 4) is 0 Å². The van der Waals surface area contributed by atoms with Crippen molar-refractivity contribution in [1.82, 2.24) is 20.0 Å². The largest absolute Gasteiger partial charge is 0.357 e. The van der Waals surface area contributed by atoms with Gasteiger partial charge in [0.1, 0.15) is 5.65 Å². The van der Waals surface area contributed by atoms with Crippen molar-refractivity contribution in [2.75, 3.05) is 13.1 Å². The van der Waals surface area contributed by atoms with E-state index in [9.17, 15) is 0 Å². The molecule has 0 atom stereocenters. The number of hydrogen-bond acceptors (Lipinski definition) is 2. The Hall–Kier alpha value is -1.31. The fourth-order valence-electron chi connectivity index (χ4n) is 2.20. The van der Waals surface area contributed by atoms with E-state index in [-0.39, 0.29) is 24.0 Å². The SMILES string of the molecule is CCNC(=NCCc1cn2cccc(C)c2n1)NC(C)C.I. The molecule has 0 unspecified atom stereocenters. The highest BCUT2D eigenvalue weighted by Gasteiger charge is 2.04. The van der Waals surface area contributed by atoms with E-state index in [2.05, 4.69) is 65.0 Å². The number of aromatic nitrogens is 2. The van der Waals surface area contributed by atoms with Crippen LogP contribution < -0.4 is 10.6 Å². The second-order valence-electron chi connectivity index (χ2n) is 5.46. The maximum absolute atomic E-state index is 4.67. The van der Waals surface area contributed by atoms with Gasteiger partial charge in [-0.2, -0.15) is 0 Å². The number of hydrogen-bond donors (Lipinski definition) is 2. The predicted molar refractivity (Wildman–Crippen MR) is 103 cm³/mol. The molecule has 2 heterocycles. The standard InChI is InChI=1S/C16H25N5.HI/c1-5-17-16(19-12(2)3)18-9-8-14-11-21-10-6-7-13(4)15(21)20-14;/h6-7,10-12H,5,8-9H2,1-4H3,(H2,17,18,19);1H. The highest BCUT2D eigenvalue weighted by Crippen LogP contribution is 2.10. The second kappa shape index (κ2) is 8.97. The van der Waals surface area contributed by atoms with Crippen LogP contribution in [0.25, 0.3) is 5.65 Å². The van der Waals surface area contributed by atoms with E-state index in [0.29, 0.717) is 6.04 Å². The lowest BCUT2D eigenvalue weighted by molar-refractivity contribution is 0.700. The van der Waals surface area contributed by atoms with Crippen LogP contribution in [0.1, 0.15) is 32.0 Å². The topological polar surface area (TPSA) is 53.7 Å². The Labute approximate surface area is 149 Å². The van der Waals surface area contributed by atoms with Crippen molar-refractivity contribution in [1.29, 1.82) is 0 Å². The first kappa shape index (κ1) is 18.7. The number of imidazole rings is 1. The summed E-state index contributed by atoms with van der Waals surface area (Å²) >= 11 is 0. The monoisotopic (exact) mass is 415 g/mol. The maximum Gasteiger partial charge on any atom is 0.191 e. The number of nitrogens with zero attached hydrogens (tertiary/aromatic N) is 3. The van der Waals surface area contributed by atoms with Crippen molar-refractivity contribution in [3.63, 3.8) is 0 Å². The van der Waals surface area contributed by atoms with Gasteiger partial charge in [-0.05, 0) is 39.3 Å². The first-order valence-corrected chi connectivity index (χ1v) is 7.58. The van der Waals surface area contributed by atoms with Crippen LogP contribution >= 0.6 is 24.0 Å². The molecule has 2 N–H and O–H groups in total. The smallest absolute Gasteiger partial charge is 0.191 e. The summed E-state index contributed by atoms with van der Waals surface area (Å²) in [5.41, 5.74) is 3.30. The number of nitrogens with one attached hydrogen (secondary N) is 2. The number of aryl methyl sites for hydroxylation is 1. The fourth-order valence-corrected chi connectivity index (χ4v) is 2.20. The Morgan fingerprint density at radius 3 is 2.82 bits per heavy atom. The predicted octanol–water partition coefficient (Wildman–Crippen LogP) is 2.77. The third kappa shape index (κ3) is 5.15. The van der Waals surface area contributed by atoms with E-state index >= 15 is 0 Å². The lowest BCUT2D eigenvalue weighted by Gasteiger charge is -2.13. The zero-order valence-electron chi connectivity index (χ0n) is 13.8. The van der Waals surface area contributed by atoms with Gasteiger partial charge in [0.2, 0.25) is 0 Å². The first-order chi connectivity index (χ1) is 10.1. The number of aliphatic imine (C=N–C) groups is 1. The highest BCUT2D eigenvalue weighted by atomic mass is 127. The molecule has 2 aromatic heterocycles. The lowest BCUT2D eigenvalue weighted by Crippen LogP contribution is -2.41. The molecular formula is C16H26IN5. The van der Waals surface area contributed by atoms with Crippen LogP contribution in [0.2, 0.25) is 0 Å². The molecule has 0 radical (unpaired) electrons. The third-order valence-corrected chi connectivity index (χ3v) is 3.14. The first-order valence-electron chi connectivity index (χ1n) is 7.58. The van der Waals surface area contributed by atoms with Gasteiger partial charge in [-0.1, -0.05) is 6.07 Å². The summed E-state index contributed by atoms with van der Waals surface area (Å²) in [7, 11) is 0. The summed E-state index contributed by atoms with van der Waals surface area (Å²) in [5, 5.41) is 6.57. The molecule has 0 aliphatic carbocycles. The van der Waals surface area contributed by atoms with Crippen molar-refractivity contribution in [2.24, 2.45) is 4.99 Å². The molecule has 0 aliphatic rings. The van der Waals surface area contributed by atoms with Gasteiger partial charge in [0.05, 0.1) is 5.69 Å². The molecular weight excluding hydrogens is 389 g/mol. The minimum Gasteiger partial charge on any atom is -0.357 e. The summed E-state index contributed by atoms with van der Waals surface area (Å²) in [6, 6.07) is 4.50. The highest BCUT2D eigenvalue weighted by molar-refractivity contribution is 14.0. The average Bonchev–Trinajstić information content (AvgIpc) is 2.82. The molecule has 0 bridgehead atoms. The van der Waals surface area contributed by atoms with E-state index < -0.39 is 0 Å². The number of pyridine rings is 1. The molecule has 0 saturated carbocycles. The summed E-state index contributed by atoms with van der Waals surface area (Å²) in [5.74, 6) is 0.868. The Balaban J connectivity index is 0.00000242. The summed E-state index contributed by atoms with van der Waals surface area (Å²) in [6.07, 6.45) is 4.96. The molecule has 6 heteroatoms. The van der Waals surface area contributed by atoms with Crippen LogP contribution in [0.5, 0.6) is 0 Å². The molecule has 0 saturated heterocycles. The van der Waals surface area contributed by atoms with E-state index in [0.717, 1.165) is 36.8 Å². The van der Waals surface area contributed by atoms with Crippen LogP contribution in [0.3, 0.4) is 0 Å². The quantitative estimate of drug-likeness (QED) is 0.449. The Bertz CT molecular complexity index is 618. The molecule has 0 fully saturated rings. The van der Waals surface area contributed by atoms with Gasteiger partial charge >= 0.3 is 0 Å². The maximum atomic E-state index is 4.67. The van der Waals surface area contributed by atoms with Gasteiger partial charge < -0.3 is 15.0 Å². The molecule has 5 nitrogen and oxygen atoms in total. The number of guanidine groups is 1. The normalized spacial score (nSPS) is 11.6. The van der Waals surface area contributed by atoms with Crippen molar-refractivity contribution in [2.45, 2.75) is 40.2 Å². The van der Waals surface area contributed by atoms with Crippen LogP contribution in [0.15, 0.2) is 29.5 Å². The minimum absolute atomic E-state index is 0. The number of halogens is 1. The molecule has 0 aliphatic heterocycles. The molecule has 0 spiro atoms. The van der Waals surface area contributed by atoms with E-state index in [1.807, 2.05) is 12.3 Å². The van der Waals surface area contributed by atoms with Gasteiger partial charge in [-0.3, -0.25) is 4.99 Å². The van der Waals surface area contributed by atoms with Crippen molar-refractivity contribution < 1.29 is 0 Å². The molecule has 2 rings (SSSR count). The molecule has 2 aromatic rings. The molecule has 122 valence electrons. The zero-order valence-corrected chi connectivity index (χ0v) is 16.1. The van der Waals surface area contributed by atoms with Crippen molar-refractivity contribution in [3.05, 3.63) is 35.8 Å². The minimum atomic E-state index is 0. The van der Waals surface area contributed by atoms with E-state index in [1.54, 1.807) is 0 Å². The van der Waals surface area contributed by atoms with Gasteiger partial charge in [0.15, 0.2) is 5.96 Å². The summed E-state index contributed by atoms with van der Waals surface area (Å²) in [6.45, 7) is 9.97. The van der Waals surface area contributed by atoms with Crippen LogP contribution in [-0.2, 0) is 6.42 Å². The van der Waals surface area contributed by atoms with E-state index in [4.69, 9.17) is 0 Å². The van der Waals surface area contributed by atoms with Crippen LogP contribution in [-0.4, -0.2) is 34.5 Å². The Morgan fingerprint density at radius 1 is 1.41 bits per heavy atom. The molecule has 0 amide bonds. The van der Waals surface area contributed by atoms with Crippen LogP contribution in [0, 0.1) is 6.92 Å². The lowest BCUT2D eigenvalue weighted by atomic mass is 10.3. The zero-order chi connectivity index (χ0) is 15.2. The van der Waals surface area contributed by atoms with Gasteiger partial charge in [0.25, 0.3) is 0 Å². The number of rotatable bonds is 5. The van der Waals surface area contributed by atoms with Crippen molar-refractivity contribution >= 4 is 35.6 Å². The fraction of sp³-hybridized carbons (Fsp3) is 0.500. The summed E-state index contributed by atoms with van der Waals surface area (Å²) < 4.78 is 2.08. The van der Waals surface area contributed by atoms with E-state index in [1.165, 1.54) is 5.56 Å². The van der Waals surface area contributed by atoms with Gasteiger partial charge in [-0.25, -0.2) is 4.98 Å². The Kier molecular flexibility index (Phi) is 7.64. The van der Waals surface area contributed by atoms with Gasteiger partial charge in [-0.15, -0.1) is 24.0 Å². The molecule has 0 aromatic carbocycles. The third-order valence-electron chi connectivity index (χ3n) is 3.14. The van der Waals surface area contributed by atoms with Crippen LogP contribution in [0.4, 0.5) is 0 Å². The van der Waals surface area contributed by atoms with Gasteiger partial charge in [0, 0.05) is 37.9 Å². The molecule has 22 heavy (non-hydrogen) atoms. The Morgan fingerprint density at radius 2 is 2.18 bits per heavy atom. The summed E-state index contributed by atoms with van der Waals surface area (Å²) in [4.78, 5) is 9.26. The second-order valence-corrected chi connectivity index (χ2v) is 5.46.